The molecular formula is C15H26O3V. The molecule has 109 valence electrons. The summed E-state index contributed by atoms with van der Waals surface area (Å²) in [5.74, 6) is 0.250. The maximum atomic E-state index is 10.8. The van der Waals surface area contributed by atoms with Gasteiger partial charge in [0.05, 0.1) is 6.61 Å². The number of ether oxygens (including phenoxy) is 1. The molecule has 2 bridgehead atoms. The van der Waals surface area contributed by atoms with Crippen molar-refractivity contribution in [3.63, 3.8) is 0 Å². The Balaban J connectivity index is 0.00000180. The summed E-state index contributed by atoms with van der Waals surface area (Å²) in [6.07, 6.45) is 8.62. The van der Waals surface area contributed by atoms with E-state index in [2.05, 4.69) is 0 Å². The molecule has 3 aliphatic carbocycles. The van der Waals surface area contributed by atoms with E-state index < -0.39 is 0 Å². The number of aliphatic hydroxyl groups is 1. The average Bonchev–Trinajstić information content (AvgIpc) is 2.40. The van der Waals surface area contributed by atoms with Crippen LogP contribution in [0.5, 0.6) is 0 Å². The largest absolute Gasteiger partial charge is 0.396 e. The number of hydrogen-bond donors (Lipinski definition) is 1. The maximum Gasteiger partial charge on any atom is 0.129 e. The molecule has 0 saturated heterocycles. The van der Waals surface area contributed by atoms with Crippen LogP contribution in [0, 0.1) is 10.8 Å². The van der Waals surface area contributed by atoms with Gasteiger partial charge in [0.1, 0.15) is 5.78 Å². The van der Waals surface area contributed by atoms with Gasteiger partial charge in [-0.25, -0.2) is 0 Å². The molecule has 0 amide bonds. The summed E-state index contributed by atoms with van der Waals surface area (Å²) < 4.78 is 5.79. The minimum Gasteiger partial charge on any atom is -0.396 e. The Kier molecular flexibility index (Phi) is 6.58. The molecule has 3 rings (SSSR count). The Labute approximate surface area is 128 Å². The van der Waals surface area contributed by atoms with Crippen molar-refractivity contribution in [2.24, 2.45) is 10.8 Å². The topological polar surface area (TPSA) is 46.5 Å². The van der Waals surface area contributed by atoms with E-state index >= 15 is 0 Å². The fraction of sp³-hybridized carbons (Fsp3) is 0.933. The summed E-state index contributed by atoms with van der Waals surface area (Å²) in [7, 11) is 0. The van der Waals surface area contributed by atoms with Crippen molar-refractivity contribution in [2.75, 3.05) is 19.8 Å². The van der Waals surface area contributed by atoms with Gasteiger partial charge in [0.2, 0.25) is 0 Å². The molecule has 4 heteroatoms. The van der Waals surface area contributed by atoms with E-state index in [-0.39, 0.29) is 29.8 Å². The number of Topliss-reactive ketones (excluding diaryl/α,β-unsaturated/α-hetero) is 1. The van der Waals surface area contributed by atoms with Crippen molar-refractivity contribution in [1.82, 2.24) is 0 Å². The Bertz CT molecular complexity index is 279. The zero-order chi connectivity index (χ0) is 13.1. The fourth-order valence-corrected chi connectivity index (χ4v) is 3.51. The number of carbonyl (C=O) groups excluding carboxylic acids is 1. The minimum atomic E-state index is 0. The Morgan fingerprint density at radius 1 is 1.11 bits per heavy atom. The van der Waals surface area contributed by atoms with Crippen molar-refractivity contribution in [3.05, 3.63) is 0 Å². The van der Waals surface area contributed by atoms with Crippen LogP contribution in [0.4, 0.5) is 0 Å². The zero-order valence-corrected chi connectivity index (χ0v) is 13.4. The van der Waals surface area contributed by atoms with Crippen LogP contribution < -0.4 is 0 Å². The Morgan fingerprint density at radius 3 is 2.11 bits per heavy atom. The number of fused-ring (bicyclic) bond motifs is 3. The van der Waals surface area contributed by atoms with Gasteiger partial charge in [0.15, 0.2) is 0 Å². The molecule has 19 heavy (non-hydrogen) atoms. The Morgan fingerprint density at radius 2 is 1.63 bits per heavy atom. The summed E-state index contributed by atoms with van der Waals surface area (Å²) in [6, 6.07) is 0. The number of aliphatic hydroxyl groups excluding tert-OH is 1. The Hall–Kier alpha value is 0.174. The molecule has 0 atom stereocenters. The molecule has 0 heterocycles. The summed E-state index contributed by atoms with van der Waals surface area (Å²) in [4.78, 5) is 10.8. The van der Waals surface area contributed by atoms with Crippen molar-refractivity contribution in [1.29, 1.82) is 0 Å². The fourth-order valence-electron chi connectivity index (χ4n) is 3.51. The molecule has 0 aromatic carbocycles. The second-order valence-electron chi connectivity index (χ2n) is 6.52. The number of carbonyl (C=O) groups is 1. The molecule has 3 fully saturated rings. The number of rotatable bonds is 7. The predicted molar refractivity (Wildman–Crippen MR) is 70.4 cm³/mol. The van der Waals surface area contributed by atoms with E-state index in [0.717, 1.165) is 13.0 Å². The van der Waals surface area contributed by atoms with E-state index in [1.165, 1.54) is 38.5 Å². The van der Waals surface area contributed by atoms with Gasteiger partial charge in [-0.05, 0) is 62.7 Å². The molecule has 0 aromatic heterocycles. The van der Waals surface area contributed by atoms with Crippen LogP contribution in [0.25, 0.3) is 0 Å². The third-order valence-electron chi connectivity index (χ3n) is 5.12. The molecular weight excluding hydrogens is 279 g/mol. The summed E-state index contributed by atoms with van der Waals surface area (Å²) in [5, 5.41) is 9.48. The van der Waals surface area contributed by atoms with Crippen molar-refractivity contribution < 1.29 is 33.2 Å². The quantitative estimate of drug-likeness (QED) is 0.736. The van der Waals surface area contributed by atoms with E-state index in [1.54, 1.807) is 6.92 Å². The first kappa shape index (κ1) is 17.2. The van der Waals surface area contributed by atoms with Crippen molar-refractivity contribution >= 4 is 5.78 Å². The van der Waals surface area contributed by atoms with Gasteiger partial charge in [-0.1, -0.05) is 0 Å². The van der Waals surface area contributed by atoms with Gasteiger partial charge in [-0.2, -0.15) is 0 Å². The average molecular weight is 305 g/mol. The van der Waals surface area contributed by atoms with Gasteiger partial charge < -0.3 is 14.6 Å². The van der Waals surface area contributed by atoms with Crippen LogP contribution in [0.2, 0.25) is 0 Å². The second-order valence-corrected chi connectivity index (χ2v) is 6.52. The summed E-state index contributed by atoms with van der Waals surface area (Å²) in [6.45, 7) is 3.57. The molecule has 0 unspecified atom stereocenters. The number of ketones is 1. The van der Waals surface area contributed by atoms with Gasteiger partial charge in [0.25, 0.3) is 0 Å². The summed E-state index contributed by atoms with van der Waals surface area (Å²) in [5.41, 5.74) is 0.628. The zero-order valence-electron chi connectivity index (χ0n) is 12.0. The monoisotopic (exact) mass is 305 g/mol. The van der Waals surface area contributed by atoms with Crippen LogP contribution in [0.15, 0.2) is 0 Å². The molecule has 1 radical (unpaired) electrons. The van der Waals surface area contributed by atoms with Crippen LogP contribution in [0.3, 0.4) is 0 Å². The number of hydrogen-bond acceptors (Lipinski definition) is 3. The maximum absolute atomic E-state index is 10.8. The van der Waals surface area contributed by atoms with Crippen LogP contribution in [-0.2, 0) is 28.1 Å². The van der Waals surface area contributed by atoms with Crippen molar-refractivity contribution in [3.8, 4) is 0 Å². The normalized spacial score (nSPS) is 32.9. The van der Waals surface area contributed by atoms with E-state index in [4.69, 9.17) is 4.74 Å². The van der Waals surface area contributed by atoms with Gasteiger partial charge in [-0.15, -0.1) is 0 Å². The smallest absolute Gasteiger partial charge is 0.129 e. The minimum absolute atomic E-state index is 0. The van der Waals surface area contributed by atoms with Gasteiger partial charge in [0, 0.05) is 38.2 Å². The molecule has 0 spiro atoms. The van der Waals surface area contributed by atoms with E-state index in [1.807, 2.05) is 0 Å². The SMILES string of the molecule is CC(=O)CCCOCC12CCC(CO)(CC1)CC2.[V]. The second kappa shape index (κ2) is 7.26. The molecule has 0 aromatic rings. The third kappa shape index (κ3) is 4.32. The van der Waals surface area contributed by atoms with E-state index in [0.29, 0.717) is 25.0 Å². The molecule has 0 aliphatic heterocycles. The molecule has 3 saturated carbocycles. The summed E-state index contributed by atoms with van der Waals surface area (Å²) >= 11 is 0. The first-order valence-corrected chi connectivity index (χ1v) is 7.28. The van der Waals surface area contributed by atoms with Crippen LogP contribution in [-0.4, -0.2) is 30.7 Å². The van der Waals surface area contributed by atoms with Gasteiger partial charge >= 0.3 is 0 Å². The van der Waals surface area contributed by atoms with E-state index in [9.17, 15) is 9.90 Å². The molecule has 3 nitrogen and oxygen atoms in total. The van der Waals surface area contributed by atoms with Gasteiger partial charge in [-0.3, -0.25) is 0 Å². The standard InChI is InChI=1S/C15H26O3.V/c1-13(17)3-2-10-18-12-15-7-4-14(11-16,5-8-15)6-9-15;/h16H,2-12H2,1H3;. The first-order valence-electron chi connectivity index (χ1n) is 7.28. The molecule has 1 N–H and O–H groups in total. The third-order valence-corrected chi connectivity index (χ3v) is 5.12. The van der Waals surface area contributed by atoms with Crippen LogP contribution in [0.1, 0.15) is 58.3 Å². The predicted octanol–water partition coefficient (Wildman–Crippen LogP) is 2.70. The van der Waals surface area contributed by atoms with Crippen molar-refractivity contribution in [2.45, 2.75) is 58.3 Å². The van der Waals surface area contributed by atoms with Crippen LogP contribution >= 0.6 is 0 Å². The molecule has 3 aliphatic rings. The first-order chi connectivity index (χ1) is 8.60.